The Bertz CT molecular complexity index is 480. The molecule has 2 heterocycles. The fourth-order valence-corrected chi connectivity index (χ4v) is 3.82. The van der Waals surface area contributed by atoms with Crippen LogP contribution in [0.2, 0.25) is 0 Å². The monoisotopic (exact) mass is 321 g/mol. The van der Waals surface area contributed by atoms with Gasteiger partial charge in [-0.1, -0.05) is 12.8 Å². The summed E-state index contributed by atoms with van der Waals surface area (Å²) < 4.78 is 0. The van der Waals surface area contributed by atoms with Gasteiger partial charge in [-0.25, -0.2) is 5.01 Å². The maximum atomic E-state index is 10.7. The van der Waals surface area contributed by atoms with E-state index in [0.717, 1.165) is 6.42 Å². The molecular weight excluding hydrogens is 294 g/mol. The summed E-state index contributed by atoms with van der Waals surface area (Å²) in [5.41, 5.74) is 1.47. The number of hydrogen-bond donors (Lipinski definition) is 3. The lowest BCUT2D eigenvalue weighted by atomic mass is 9.81. The molecule has 0 bridgehead atoms. The van der Waals surface area contributed by atoms with Crippen molar-refractivity contribution in [1.29, 1.82) is 0 Å². The number of rotatable bonds is 5. The highest BCUT2D eigenvalue weighted by Crippen LogP contribution is 2.35. The lowest BCUT2D eigenvalue weighted by molar-refractivity contribution is 0.160. The molecule has 8 nitrogen and oxygen atoms in total. The summed E-state index contributed by atoms with van der Waals surface area (Å²) in [6.45, 7) is 2.70. The number of azo groups is 1. The van der Waals surface area contributed by atoms with Crippen LogP contribution >= 0.6 is 0 Å². The van der Waals surface area contributed by atoms with Crippen molar-refractivity contribution in [2.24, 2.45) is 27.2 Å². The Kier molecular flexibility index (Phi) is 5.34. The normalized spacial score (nSPS) is 37.0. The van der Waals surface area contributed by atoms with Gasteiger partial charge in [-0.15, -0.1) is 4.91 Å². The summed E-state index contributed by atoms with van der Waals surface area (Å²) in [4.78, 5) is 10.7. The Hall–Kier alpha value is -1.38. The van der Waals surface area contributed by atoms with Crippen LogP contribution in [-0.2, 0) is 0 Å². The summed E-state index contributed by atoms with van der Waals surface area (Å²) in [6, 6.07) is 0.721. The van der Waals surface area contributed by atoms with Gasteiger partial charge in [0.1, 0.15) is 0 Å². The summed E-state index contributed by atoms with van der Waals surface area (Å²) >= 11 is 0. The number of hydrogen-bond acceptors (Lipinski definition) is 8. The van der Waals surface area contributed by atoms with Gasteiger partial charge in [-0.3, -0.25) is 11.2 Å². The first-order chi connectivity index (χ1) is 11.2. The van der Waals surface area contributed by atoms with Crippen molar-refractivity contribution < 1.29 is 0 Å². The summed E-state index contributed by atoms with van der Waals surface area (Å²) in [5, 5.41) is 19.6. The topological polar surface area (TPSA) is 107 Å². The highest BCUT2D eigenvalue weighted by atomic mass is 16.3. The standard InChI is InChI=1S/C15H27N7O/c1-10-8-14(21-23)19-20-15(18-10)22(16)7-6-11-9-17-13-5-3-2-4-12(11)13/h9-10,12-15,17-18H,2-8,16H2,1H3. The molecule has 8 heteroatoms. The smallest absolute Gasteiger partial charge is 0.203 e. The van der Waals surface area contributed by atoms with E-state index in [-0.39, 0.29) is 6.04 Å². The Morgan fingerprint density at radius 2 is 2.22 bits per heavy atom. The molecule has 2 aliphatic heterocycles. The minimum absolute atomic E-state index is 0.0961. The van der Waals surface area contributed by atoms with E-state index in [1.54, 1.807) is 5.01 Å². The van der Waals surface area contributed by atoms with Crippen LogP contribution in [0.5, 0.6) is 0 Å². The van der Waals surface area contributed by atoms with Gasteiger partial charge >= 0.3 is 0 Å². The fraction of sp³-hybridized carbons (Fsp3) is 0.867. The van der Waals surface area contributed by atoms with Gasteiger partial charge in [0.2, 0.25) is 6.17 Å². The van der Waals surface area contributed by atoms with Crippen LogP contribution in [0, 0.1) is 10.8 Å². The summed E-state index contributed by atoms with van der Waals surface area (Å²) in [7, 11) is 0. The number of nitrogens with zero attached hydrogens (tertiary/aromatic N) is 4. The minimum atomic E-state index is -0.611. The van der Waals surface area contributed by atoms with Gasteiger partial charge < -0.3 is 5.32 Å². The highest BCUT2D eigenvalue weighted by Gasteiger charge is 2.32. The third-order valence-electron chi connectivity index (χ3n) is 5.13. The van der Waals surface area contributed by atoms with Crippen molar-refractivity contribution in [2.75, 3.05) is 6.54 Å². The fourth-order valence-electron chi connectivity index (χ4n) is 3.82. The molecule has 3 rings (SSSR count). The molecule has 4 N–H and O–H groups in total. The number of nitrogens with one attached hydrogen (secondary N) is 2. The Labute approximate surface area is 136 Å². The molecule has 5 unspecified atom stereocenters. The molecule has 0 amide bonds. The first kappa shape index (κ1) is 16.5. The lowest BCUT2D eigenvalue weighted by Crippen LogP contribution is -2.51. The largest absolute Gasteiger partial charge is 0.388 e. The van der Waals surface area contributed by atoms with Crippen LogP contribution in [0.4, 0.5) is 0 Å². The molecule has 3 aliphatic rings. The van der Waals surface area contributed by atoms with Gasteiger partial charge in [-0.2, -0.15) is 10.2 Å². The molecule has 0 spiro atoms. The first-order valence-electron chi connectivity index (χ1n) is 8.62. The zero-order chi connectivity index (χ0) is 16.2. The van der Waals surface area contributed by atoms with Crippen molar-refractivity contribution in [2.45, 2.75) is 70.0 Å². The highest BCUT2D eigenvalue weighted by molar-refractivity contribution is 5.17. The van der Waals surface area contributed by atoms with Crippen LogP contribution in [0.25, 0.3) is 0 Å². The zero-order valence-corrected chi connectivity index (χ0v) is 13.7. The SMILES string of the molecule is CC1CC(N=O)N=NC(N(N)CCC2=CNC3CCCCC23)N1. The van der Waals surface area contributed by atoms with Crippen molar-refractivity contribution in [3.05, 3.63) is 16.7 Å². The first-order valence-corrected chi connectivity index (χ1v) is 8.62. The van der Waals surface area contributed by atoms with Gasteiger partial charge in [0, 0.05) is 31.0 Å². The molecule has 0 aromatic rings. The molecule has 0 aromatic carbocycles. The van der Waals surface area contributed by atoms with Gasteiger partial charge in [0.25, 0.3) is 0 Å². The maximum absolute atomic E-state index is 10.7. The average molecular weight is 321 g/mol. The summed E-state index contributed by atoms with van der Waals surface area (Å²) in [6.07, 6.45) is 7.86. The van der Waals surface area contributed by atoms with E-state index in [0.29, 0.717) is 24.9 Å². The molecular formula is C15H27N7O. The van der Waals surface area contributed by atoms with Gasteiger partial charge in [0.15, 0.2) is 6.29 Å². The molecule has 1 saturated carbocycles. The van der Waals surface area contributed by atoms with E-state index in [2.05, 4.69) is 32.2 Å². The van der Waals surface area contributed by atoms with Gasteiger partial charge in [-0.05, 0) is 43.1 Å². The molecule has 128 valence electrons. The Morgan fingerprint density at radius 1 is 1.39 bits per heavy atom. The number of hydrazine groups is 1. The third kappa shape index (κ3) is 3.94. The quantitative estimate of drug-likeness (QED) is 0.406. The minimum Gasteiger partial charge on any atom is -0.388 e. The number of nitroso groups, excluding NO2 is 1. The van der Waals surface area contributed by atoms with Crippen LogP contribution in [0.15, 0.2) is 27.2 Å². The molecule has 1 fully saturated rings. The Morgan fingerprint density at radius 3 is 3.04 bits per heavy atom. The van der Waals surface area contributed by atoms with E-state index in [4.69, 9.17) is 5.84 Å². The van der Waals surface area contributed by atoms with E-state index in [1.165, 1.54) is 31.3 Å². The average Bonchev–Trinajstić information content (AvgIpc) is 2.87. The van der Waals surface area contributed by atoms with Crippen molar-refractivity contribution in [3.63, 3.8) is 0 Å². The van der Waals surface area contributed by atoms with Crippen LogP contribution < -0.4 is 16.5 Å². The predicted molar refractivity (Wildman–Crippen MR) is 87.9 cm³/mol. The zero-order valence-electron chi connectivity index (χ0n) is 13.7. The van der Waals surface area contributed by atoms with E-state index in [9.17, 15) is 4.91 Å². The predicted octanol–water partition coefficient (Wildman–Crippen LogP) is 1.81. The Balaban J connectivity index is 1.52. The second-order valence-electron chi connectivity index (χ2n) is 6.87. The summed E-state index contributed by atoms with van der Waals surface area (Å²) in [5.74, 6) is 6.84. The van der Waals surface area contributed by atoms with E-state index < -0.39 is 12.5 Å². The number of nitrogens with two attached hydrogens (primary N) is 1. The molecule has 0 aromatic heterocycles. The molecule has 0 saturated heterocycles. The third-order valence-corrected chi connectivity index (χ3v) is 5.13. The van der Waals surface area contributed by atoms with Crippen molar-refractivity contribution in [1.82, 2.24) is 15.6 Å². The van der Waals surface area contributed by atoms with Crippen LogP contribution in [0.3, 0.4) is 0 Å². The van der Waals surface area contributed by atoms with Crippen LogP contribution in [0.1, 0.15) is 45.4 Å². The molecule has 1 aliphatic carbocycles. The maximum Gasteiger partial charge on any atom is 0.203 e. The van der Waals surface area contributed by atoms with Crippen molar-refractivity contribution >= 4 is 0 Å². The second-order valence-corrected chi connectivity index (χ2v) is 6.87. The van der Waals surface area contributed by atoms with E-state index in [1.807, 2.05) is 6.92 Å². The van der Waals surface area contributed by atoms with Crippen molar-refractivity contribution in [3.8, 4) is 0 Å². The lowest BCUT2D eigenvalue weighted by Gasteiger charge is -2.29. The van der Waals surface area contributed by atoms with Crippen LogP contribution in [-0.4, -0.2) is 36.1 Å². The second kappa shape index (κ2) is 7.46. The molecule has 23 heavy (non-hydrogen) atoms. The molecule has 0 radical (unpaired) electrons. The molecule has 5 atom stereocenters. The van der Waals surface area contributed by atoms with E-state index >= 15 is 0 Å². The number of fused-ring (bicyclic) bond motifs is 1. The van der Waals surface area contributed by atoms with Gasteiger partial charge in [0.05, 0.1) is 0 Å².